The van der Waals surface area contributed by atoms with Crippen molar-refractivity contribution in [3.05, 3.63) is 23.2 Å². The molecule has 3 aliphatic heterocycles. The normalized spacial score (nSPS) is 18.5. The summed E-state index contributed by atoms with van der Waals surface area (Å²) in [5.74, 6) is -1.69. The average molecular weight is 620 g/mol. The van der Waals surface area contributed by atoms with Crippen molar-refractivity contribution in [2.45, 2.75) is 115 Å². The standard InChI is InChI=1S/C21H40O6.C12H13N3O2/c1-2-3-4-11-14-18(23)15-12-9-7-5-6-8-10-13-16-20(25)27-21(26)19(24)17-22;16-9-7-8(13-1-2-13)12(17)11(15-5-6-15)10(9)14-3-4-14/h18-19,22-24H,2-17H2,1H3;7H,1-6H2. The second-order valence-corrected chi connectivity index (χ2v) is 12.2. The van der Waals surface area contributed by atoms with Crippen LogP contribution in [0.5, 0.6) is 0 Å². The highest BCUT2D eigenvalue weighted by Crippen LogP contribution is 2.34. The van der Waals surface area contributed by atoms with Gasteiger partial charge in [0.2, 0.25) is 11.6 Å². The van der Waals surface area contributed by atoms with Crippen molar-refractivity contribution in [1.29, 1.82) is 0 Å². The Morgan fingerprint density at radius 2 is 1.25 bits per heavy atom. The molecule has 0 amide bonds. The number of aliphatic hydroxyl groups is 3. The van der Waals surface area contributed by atoms with E-state index < -0.39 is 24.6 Å². The van der Waals surface area contributed by atoms with E-state index in [2.05, 4.69) is 11.7 Å². The minimum absolute atomic E-state index is 0.00546. The average Bonchev–Trinajstić information content (AvgIpc) is 3.83. The van der Waals surface area contributed by atoms with Gasteiger partial charge >= 0.3 is 11.9 Å². The van der Waals surface area contributed by atoms with Crippen molar-refractivity contribution >= 4 is 23.5 Å². The van der Waals surface area contributed by atoms with Crippen LogP contribution in [0.2, 0.25) is 0 Å². The Morgan fingerprint density at radius 1 is 0.750 bits per heavy atom. The first-order valence-electron chi connectivity index (χ1n) is 16.8. The Balaban J connectivity index is 0.000000261. The van der Waals surface area contributed by atoms with E-state index in [1.807, 2.05) is 14.7 Å². The SMILES string of the molecule is CCCCCCC(O)CCCCCCCCCCC(=O)OC(=O)C(O)CO.O=C1C=C(N2CC2)C(=O)C(N2CC2)=C1N1CC1. The van der Waals surface area contributed by atoms with Crippen molar-refractivity contribution in [1.82, 2.24) is 14.7 Å². The maximum absolute atomic E-state index is 12.4. The van der Waals surface area contributed by atoms with Crippen molar-refractivity contribution < 1.29 is 39.2 Å². The van der Waals surface area contributed by atoms with Gasteiger partial charge in [-0.05, 0) is 19.3 Å². The lowest BCUT2D eigenvalue weighted by atomic mass is 10.0. The van der Waals surface area contributed by atoms with Crippen LogP contribution in [-0.2, 0) is 23.9 Å². The number of ether oxygens (including phenoxy) is 1. The Hall–Kier alpha value is -2.76. The number of carbonyl (C=O) groups excluding carboxylic acids is 4. The summed E-state index contributed by atoms with van der Waals surface area (Å²) >= 11 is 0. The fourth-order valence-corrected chi connectivity index (χ4v) is 5.24. The molecule has 0 aromatic heterocycles. The van der Waals surface area contributed by atoms with E-state index in [1.54, 1.807) is 0 Å². The van der Waals surface area contributed by atoms with Gasteiger partial charge in [0.05, 0.1) is 18.4 Å². The highest BCUT2D eigenvalue weighted by molar-refractivity contribution is 6.22. The molecule has 2 atom stereocenters. The molecule has 4 rings (SSSR count). The van der Waals surface area contributed by atoms with Gasteiger partial charge in [0.1, 0.15) is 11.4 Å². The fourth-order valence-electron chi connectivity index (χ4n) is 5.24. The molecule has 11 heteroatoms. The number of esters is 2. The van der Waals surface area contributed by atoms with Crippen LogP contribution in [0.4, 0.5) is 0 Å². The topological polar surface area (TPSA) is 147 Å². The molecule has 0 radical (unpaired) electrons. The highest BCUT2D eigenvalue weighted by atomic mass is 16.6. The zero-order valence-electron chi connectivity index (χ0n) is 26.5. The predicted molar refractivity (Wildman–Crippen MR) is 165 cm³/mol. The fraction of sp³-hybridized carbons (Fsp3) is 0.758. The maximum Gasteiger partial charge on any atom is 0.345 e. The van der Waals surface area contributed by atoms with Gasteiger partial charge in [0.15, 0.2) is 6.10 Å². The molecule has 0 spiro atoms. The third-order valence-electron chi connectivity index (χ3n) is 8.21. The lowest BCUT2D eigenvalue weighted by Gasteiger charge is -2.21. The van der Waals surface area contributed by atoms with Crippen molar-refractivity contribution in [2.75, 3.05) is 45.9 Å². The molecule has 3 heterocycles. The second-order valence-electron chi connectivity index (χ2n) is 12.2. The summed E-state index contributed by atoms with van der Waals surface area (Å²) in [4.78, 5) is 52.9. The van der Waals surface area contributed by atoms with Crippen LogP contribution < -0.4 is 0 Å². The first-order chi connectivity index (χ1) is 21.3. The summed E-state index contributed by atoms with van der Waals surface area (Å²) in [6, 6.07) is 0. The molecule has 44 heavy (non-hydrogen) atoms. The number of hydrogen-bond donors (Lipinski definition) is 3. The molecule has 0 bridgehead atoms. The number of carbonyl (C=O) groups is 4. The van der Waals surface area contributed by atoms with Gasteiger partial charge in [-0.3, -0.25) is 14.4 Å². The van der Waals surface area contributed by atoms with E-state index in [0.717, 1.165) is 97.1 Å². The lowest BCUT2D eigenvalue weighted by molar-refractivity contribution is -0.167. The smallest absolute Gasteiger partial charge is 0.345 e. The van der Waals surface area contributed by atoms with E-state index in [9.17, 15) is 24.3 Å². The van der Waals surface area contributed by atoms with E-state index in [1.165, 1.54) is 31.8 Å². The van der Waals surface area contributed by atoms with Gasteiger partial charge in [0.25, 0.3) is 0 Å². The quantitative estimate of drug-likeness (QED) is 0.0573. The molecule has 0 saturated carbocycles. The van der Waals surface area contributed by atoms with Gasteiger partial charge in [0, 0.05) is 51.8 Å². The summed E-state index contributed by atoms with van der Waals surface area (Å²) in [6.07, 6.45) is 14.9. The second kappa shape index (κ2) is 18.9. The Bertz CT molecular complexity index is 1030. The summed E-state index contributed by atoms with van der Waals surface area (Å²) in [5.41, 5.74) is 1.89. The maximum atomic E-state index is 12.4. The van der Waals surface area contributed by atoms with Crippen LogP contribution in [-0.4, -0.2) is 112 Å². The number of unbranched alkanes of at least 4 members (excludes halogenated alkanes) is 10. The van der Waals surface area contributed by atoms with Crippen molar-refractivity contribution in [2.24, 2.45) is 0 Å². The number of aliphatic hydroxyl groups excluding tert-OH is 3. The van der Waals surface area contributed by atoms with Gasteiger partial charge in [-0.2, -0.15) is 0 Å². The molecular formula is C33H53N3O8. The number of nitrogens with zero attached hydrogens (tertiary/aromatic N) is 3. The Morgan fingerprint density at radius 3 is 1.77 bits per heavy atom. The zero-order chi connectivity index (χ0) is 31.9. The first kappa shape index (κ1) is 35.7. The summed E-state index contributed by atoms with van der Waals surface area (Å²) < 4.78 is 4.42. The van der Waals surface area contributed by atoms with Crippen LogP contribution in [0.1, 0.15) is 103 Å². The summed E-state index contributed by atoms with van der Waals surface area (Å²) in [6.45, 7) is 6.85. The zero-order valence-corrected chi connectivity index (χ0v) is 26.5. The minimum Gasteiger partial charge on any atom is -0.393 e. The van der Waals surface area contributed by atoms with E-state index >= 15 is 0 Å². The van der Waals surface area contributed by atoms with Crippen LogP contribution in [0.15, 0.2) is 23.2 Å². The molecule has 2 unspecified atom stereocenters. The molecule has 3 fully saturated rings. The Kier molecular flexibility index (Phi) is 15.4. The van der Waals surface area contributed by atoms with Gasteiger partial charge in [-0.1, -0.05) is 77.6 Å². The minimum atomic E-state index is -1.64. The lowest BCUT2D eigenvalue weighted by Crippen LogP contribution is -2.29. The number of rotatable bonds is 21. The number of Topliss-reactive ketones (excluding diaryl/α,β-unsaturated/α-hetero) is 1. The molecule has 1 aliphatic carbocycles. The van der Waals surface area contributed by atoms with Crippen molar-refractivity contribution in [3.8, 4) is 0 Å². The van der Waals surface area contributed by atoms with Crippen LogP contribution >= 0.6 is 0 Å². The van der Waals surface area contributed by atoms with E-state index in [0.29, 0.717) is 23.5 Å². The highest BCUT2D eigenvalue weighted by Gasteiger charge is 2.43. The molecule has 248 valence electrons. The molecule has 3 saturated heterocycles. The molecular weight excluding hydrogens is 566 g/mol. The van der Waals surface area contributed by atoms with Gasteiger partial charge in [-0.15, -0.1) is 0 Å². The van der Waals surface area contributed by atoms with E-state index in [-0.39, 0.29) is 24.1 Å². The van der Waals surface area contributed by atoms with Crippen LogP contribution in [0.25, 0.3) is 0 Å². The third kappa shape index (κ3) is 12.7. The largest absolute Gasteiger partial charge is 0.393 e. The molecule has 4 aliphatic rings. The van der Waals surface area contributed by atoms with E-state index in [4.69, 9.17) is 10.2 Å². The van der Waals surface area contributed by atoms with Crippen LogP contribution in [0, 0.1) is 0 Å². The number of allylic oxidation sites excluding steroid dienone is 1. The predicted octanol–water partition coefficient (Wildman–Crippen LogP) is 2.82. The Labute approximate surface area is 261 Å². The van der Waals surface area contributed by atoms with Gasteiger partial charge < -0.3 is 34.8 Å². The summed E-state index contributed by atoms with van der Waals surface area (Å²) in [5, 5.41) is 27.5. The number of hydrogen-bond acceptors (Lipinski definition) is 11. The molecule has 3 N–H and O–H groups in total. The monoisotopic (exact) mass is 619 g/mol. The third-order valence-corrected chi connectivity index (χ3v) is 8.21. The van der Waals surface area contributed by atoms with Crippen LogP contribution in [0.3, 0.4) is 0 Å². The molecule has 0 aromatic carbocycles. The number of ketones is 2. The van der Waals surface area contributed by atoms with Crippen molar-refractivity contribution in [3.63, 3.8) is 0 Å². The summed E-state index contributed by atoms with van der Waals surface area (Å²) in [7, 11) is 0. The first-order valence-corrected chi connectivity index (χ1v) is 16.8. The molecule has 0 aromatic rings. The van der Waals surface area contributed by atoms with Gasteiger partial charge in [-0.25, -0.2) is 4.79 Å². The molecule has 11 nitrogen and oxygen atoms in total.